The fourth-order valence-corrected chi connectivity index (χ4v) is 2.68. The lowest BCUT2D eigenvalue weighted by Gasteiger charge is -2.22. The van der Waals surface area contributed by atoms with E-state index >= 15 is 0 Å². The van der Waals surface area contributed by atoms with E-state index in [-0.39, 0.29) is 5.91 Å². The Labute approximate surface area is 142 Å². The van der Waals surface area contributed by atoms with Crippen molar-refractivity contribution >= 4 is 5.91 Å². The fraction of sp³-hybridized carbons (Fsp3) is 0.421. The lowest BCUT2D eigenvalue weighted by atomic mass is 10.1. The molecule has 1 aliphatic heterocycles. The molecule has 0 fully saturated rings. The fourth-order valence-electron chi connectivity index (χ4n) is 2.68. The zero-order valence-corrected chi connectivity index (χ0v) is 14.0. The highest BCUT2D eigenvalue weighted by Gasteiger charge is 2.19. The van der Waals surface area contributed by atoms with Crippen molar-refractivity contribution in [2.24, 2.45) is 0 Å². The molecule has 2 aromatic rings. The molecular formula is C19H23NO4. The Morgan fingerprint density at radius 1 is 1.17 bits per heavy atom. The van der Waals surface area contributed by atoms with Gasteiger partial charge in [0, 0.05) is 30.6 Å². The number of furan rings is 1. The topological polar surface area (TPSA) is 51.9 Å². The van der Waals surface area contributed by atoms with Gasteiger partial charge in [0.25, 0.3) is 5.91 Å². The van der Waals surface area contributed by atoms with E-state index < -0.39 is 0 Å². The molecule has 0 atom stereocenters. The second-order valence-corrected chi connectivity index (χ2v) is 5.92. The smallest absolute Gasteiger partial charge is 0.254 e. The van der Waals surface area contributed by atoms with Crippen molar-refractivity contribution in [3.05, 3.63) is 47.9 Å². The minimum atomic E-state index is 0.000275. The number of rotatable bonds is 6. The lowest BCUT2D eigenvalue weighted by Crippen LogP contribution is -2.31. The van der Waals surface area contributed by atoms with E-state index in [1.165, 1.54) is 0 Å². The van der Waals surface area contributed by atoms with Crippen LogP contribution in [-0.4, -0.2) is 30.6 Å². The first-order valence-electron chi connectivity index (χ1n) is 8.48. The average molecular weight is 329 g/mol. The highest BCUT2D eigenvalue weighted by atomic mass is 16.5. The SMILES string of the molecule is CCCCN(Cc1ccoc1)C(=O)c1ccc2c(c1)OCCCO2. The Balaban J connectivity index is 1.79. The number of hydrogen-bond acceptors (Lipinski definition) is 4. The van der Waals surface area contributed by atoms with Gasteiger partial charge in [0.05, 0.1) is 25.7 Å². The summed E-state index contributed by atoms with van der Waals surface area (Å²) in [7, 11) is 0. The summed E-state index contributed by atoms with van der Waals surface area (Å²) in [5.41, 5.74) is 1.62. The second-order valence-electron chi connectivity index (χ2n) is 5.92. The number of hydrogen-bond donors (Lipinski definition) is 0. The maximum Gasteiger partial charge on any atom is 0.254 e. The summed E-state index contributed by atoms with van der Waals surface area (Å²) in [6.07, 6.45) is 6.16. The summed E-state index contributed by atoms with van der Waals surface area (Å²) < 4.78 is 16.4. The number of unbranched alkanes of at least 4 members (excludes halogenated alkanes) is 1. The maximum atomic E-state index is 12.9. The highest BCUT2D eigenvalue weighted by molar-refractivity contribution is 5.95. The first-order valence-corrected chi connectivity index (χ1v) is 8.48. The van der Waals surface area contributed by atoms with Gasteiger partial charge in [0.2, 0.25) is 0 Å². The first kappa shape index (κ1) is 16.4. The van der Waals surface area contributed by atoms with Crippen LogP contribution in [0.4, 0.5) is 0 Å². The summed E-state index contributed by atoms with van der Waals surface area (Å²) in [5, 5.41) is 0. The average Bonchev–Trinajstić information content (AvgIpc) is 3.00. The van der Waals surface area contributed by atoms with Crippen LogP contribution >= 0.6 is 0 Å². The number of fused-ring (bicyclic) bond motifs is 1. The summed E-state index contributed by atoms with van der Waals surface area (Å²) in [6, 6.07) is 7.31. The van der Waals surface area contributed by atoms with Gasteiger partial charge in [-0.25, -0.2) is 0 Å². The van der Waals surface area contributed by atoms with Crippen LogP contribution < -0.4 is 9.47 Å². The zero-order valence-electron chi connectivity index (χ0n) is 14.0. The van der Waals surface area contributed by atoms with E-state index in [0.717, 1.165) is 31.4 Å². The molecule has 1 aromatic carbocycles. The van der Waals surface area contributed by atoms with Crippen LogP contribution in [0.5, 0.6) is 11.5 Å². The van der Waals surface area contributed by atoms with Crippen LogP contribution in [0.1, 0.15) is 42.1 Å². The van der Waals surface area contributed by atoms with Gasteiger partial charge in [-0.15, -0.1) is 0 Å². The van der Waals surface area contributed by atoms with Crippen molar-refractivity contribution in [2.75, 3.05) is 19.8 Å². The molecule has 1 amide bonds. The molecule has 5 nitrogen and oxygen atoms in total. The Morgan fingerprint density at radius 3 is 2.75 bits per heavy atom. The molecule has 0 radical (unpaired) electrons. The number of amides is 1. The van der Waals surface area contributed by atoms with Crippen molar-refractivity contribution in [1.29, 1.82) is 0 Å². The Morgan fingerprint density at radius 2 is 2.00 bits per heavy atom. The molecule has 0 N–H and O–H groups in total. The Hall–Kier alpha value is -2.43. The van der Waals surface area contributed by atoms with Crippen LogP contribution in [-0.2, 0) is 6.54 Å². The van der Waals surface area contributed by atoms with E-state index in [9.17, 15) is 4.79 Å². The molecule has 0 bridgehead atoms. The van der Waals surface area contributed by atoms with E-state index in [2.05, 4.69) is 6.92 Å². The Bertz CT molecular complexity index is 666. The molecule has 5 heteroatoms. The normalized spacial score (nSPS) is 13.4. The third-order valence-electron chi connectivity index (χ3n) is 4.02. The molecule has 0 aliphatic carbocycles. The second kappa shape index (κ2) is 7.90. The lowest BCUT2D eigenvalue weighted by molar-refractivity contribution is 0.0740. The van der Waals surface area contributed by atoms with Gasteiger partial charge in [-0.1, -0.05) is 13.3 Å². The molecule has 0 saturated carbocycles. The predicted octanol–water partition coefficient (Wildman–Crippen LogP) is 3.88. The minimum absolute atomic E-state index is 0.000275. The van der Waals surface area contributed by atoms with Crippen molar-refractivity contribution in [2.45, 2.75) is 32.7 Å². The van der Waals surface area contributed by atoms with E-state index in [1.807, 2.05) is 23.1 Å². The monoisotopic (exact) mass is 329 g/mol. The molecule has 3 rings (SSSR count). The number of benzene rings is 1. The van der Waals surface area contributed by atoms with Gasteiger partial charge >= 0.3 is 0 Å². The number of carbonyl (C=O) groups excluding carboxylic acids is 1. The van der Waals surface area contributed by atoms with Gasteiger partial charge in [0.15, 0.2) is 11.5 Å². The van der Waals surface area contributed by atoms with Gasteiger partial charge in [0.1, 0.15) is 0 Å². The predicted molar refractivity (Wildman–Crippen MR) is 90.4 cm³/mol. The summed E-state index contributed by atoms with van der Waals surface area (Å²) in [5.74, 6) is 1.36. The van der Waals surface area contributed by atoms with E-state index in [4.69, 9.17) is 13.9 Å². The molecular weight excluding hydrogens is 306 g/mol. The Kier molecular flexibility index (Phi) is 5.41. The first-order chi connectivity index (χ1) is 11.8. The van der Waals surface area contributed by atoms with Crippen LogP contribution in [0.3, 0.4) is 0 Å². The zero-order chi connectivity index (χ0) is 16.8. The van der Waals surface area contributed by atoms with Crippen LogP contribution in [0, 0.1) is 0 Å². The largest absolute Gasteiger partial charge is 0.490 e. The summed E-state index contributed by atoms with van der Waals surface area (Å²) in [6.45, 7) is 4.63. The van der Waals surface area contributed by atoms with Gasteiger partial charge < -0.3 is 18.8 Å². The van der Waals surface area contributed by atoms with Crippen molar-refractivity contribution in [1.82, 2.24) is 4.90 Å². The molecule has 0 saturated heterocycles. The van der Waals surface area contributed by atoms with Gasteiger partial charge in [-0.2, -0.15) is 0 Å². The van der Waals surface area contributed by atoms with Crippen LogP contribution in [0.2, 0.25) is 0 Å². The molecule has 0 unspecified atom stereocenters. The molecule has 2 heterocycles. The number of carbonyl (C=O) groups is 1. The molecule has 128 valence electrons. The van der Waals surface area contributed by atoms with Crippen molar-refractivity contribution in [3.8, 4) is 11.5 Å². The molecule has 1 aromatic heterocycles. The van der Waals surface area contributed by atoms with Crippen molar-refractivity contribution in [3.63, 3.8) is 0 Å². The molecule has 24 heavy (non-hydrogen) atoms. The molecule has 0 spiro atoms. The van der Waals surface area contributed by atoms with Crippen molar-refractivity contribution < 1.29 is 18.7 Å². The number of nitrogens with zero attached hydrogens (tertiary/aromatic N) is 1. The quantitative estimate of drug-likeness (QED) is 0.807. The minimum Gasteiger partial charge on any atom is -0.490 e. The van der Waals surface area contributed by atoms with E-state index in [0.29, 0.717) is 36.8 Å². The molecule has 1 aliphatic rings. The maximum absolute atomic E-state index is 12.9. The summed E-state index contributed by atoms with van der Waals surface area (Å²) in [4.78, 5) is 14.8. The highest BCUT2D eigenvalue weighted by Crippen LogP contribution is 2.31. The van der Waals surface area contributed by atoms with Gasteiger partial charge in [-0.3, -0.25) is 4.79 Å². The summed E-state index contributed by atoms with van der Waals surface area (Å²) >= 11 is 0. The van der Waals surface area contributed by atoms with Gasteiger partial charge in [-0.05, 0) is 30.7 Å². The third kappa shape index (κ3) is 3.91. The van der Waals surface area contributed by atoms with Crippen LogP contribution in [0.15, 0.2) is 41.2 Å². The number of ether oxygens (including phenoxy) is 2. The standard InChI is InChI=1S/C19H23NO4/c1-2-3-8-20(13-15-7-11-22-14-15)19(21)16-5-6-17-18(12-16)24-10-4-9-23-17/h5-7,11-12,14H,2-4,8-10,13H2,1H3. The third-order valence-corrected chi connectivity index (χ3v) is 4.02. The van der Waals surface area contributed by atoms with E-state index in [1.54, 1.807) is 18.6 Å². The van der Waals surface area contributed by atoms with Crippen LogP contribution in [0.25, 0.3) is 0 Å².